The van der Waals surface area contributed by atoms with Crippen LogP contribution in [0.15, 0.2) is 24.3 Å². The molecule has 0 radical (unpaired) electrons. The molecule has 0 aliphatic rings. The third-order valence-corrected chi connectivity index (χ3v) is 7.06. The molecular formula is C28H32N2O4. The molecule has 0 aromatic heterocycles. The molecule has 0 saturated carbocycles. The monoisotopic (exact) mass is 460 g/mol. The molecular weight excluding hydrogens is 428 g/mol. The van der Waals surface area contributed by atoms with Gasteiger partial charge in [0, 0.05) is 22.4 Å². The molecule has 0 bridgehead atoms. The van der Waals surface area contributed by atoms with Gasteiger partial charge in [-0.2, -0.15) is 0 Å². The molecule has 178 valence electrons. The first-order chi connectivity index (χ1) is 15.9. The molecule has 0 fully saturated rings. The van der Waals surface area contributed by atoms with E-state index in [2.05, 4.69) is 19.9 Å². The molecule has 4 aromatic carbocycles. The van der Waals surface area contributed by atoms with Crippen molar-refractivity contribution in [2.45, 2.75) is 79.1 Å². The van der Waals surface area contributed by atoms with Crippen molar-refractivity contribution in [2.24, 2.45) is 0 Å². The van der Waals surface area contributed by atoms with E-state index in [0.29, 0.717) is 16.3 Å². The molecule has 4 rings (SSSR count). The molecule has 0 unspecified atom stereocenters. The summed E-state index contributed by atoms with van der Waals surface area (Å²) in [6.45, 7) is 16.3. The van der Waals surface area contributed by atoms with E-state index in [9.17, 15) is 20.2 Å². The number of nitro groups is 2. The number of hydrogen-bond donors (Lipinski definition) is 0. The second-order valence-electron chi connectivity index (χ2n) is 10.6. The predicted molar refractivity (Wildman–Crippen MR) is 140 cm³/mol. The van der Waals surface area contributed by atoms with Crippen LogP contribution < -0.4 is 0 Å². The number of rotatable bonds is 6. The first-order valence-electron chi connectivity index (χ1n) is 12.0. The Morgan fingerprint density at radius 1 is 0.529 bits per heavy atom. The van der Waals surface area contributed by atoms with Crippen molar-refractivity contribution in [3.05, 3.63) is 66.7 Å². The van der Waals surface area contributed by atoms with Gasteiger partial charge in [0.1, 0.15) is 0 Å². The summed E-state index contributed by atoms with van der Waals surface area (Å²) >= 11 is 0. The molecule has 0 N–H and O–H groups in total. The molecule has 0 spiro atoms. The number of nitrogens with zero attached hydrogens (tertiary/aromatic N) is 2. The van der Waals surface area contributed by atoms with Crippen LogP contribution in [0.25, 0.3) is 32.3 Å². The van der Waals surface area contributed by atoms with Gasteiger partial charge in [0.25, 0.3) is 11.4 Å². The van der Waals surface area contributed by atoms with E-state index in [1.54, 1.807) is 6.07 Å². The van der Waals surface area contributed by atoms with Gasteiger partial charge < -0.3 is 0 Å². The van der Waals surface area contributed by atoms with Crippen molar-refractivity contribution >= 4 is 43.7 Å². The molecule has 0 saturated heterocycles. The summed E-state index contributed by atoms with van der Waals surface area (Å²) in [7, 11) is 0. The van der Waals surface area contributed by atoms with E-state index in [-0.39, 0.29) is 44.9 Å². The summed E-state index contributed by atoms with van der Waals surface area (Å²) in [5, 5.41) is 29.4. The van der Waals surface area contributed by atoms with E-state index < -0.39 is 0 Å². The van der Waals surface area contributed by atoms with Gasteiger partial charge >= 0.3 is 0 Å². The molecule has 6 heteroatoms. The fourth-order valence-electron chi connectivity index (χ4n) is 5.41. The average molecular weight is 461 g/mol. The zero-order valence-corrected chi connectivity index (χ0v) is 21.1. The van der Waals surface area contributed by atoms with E-state index in [1.807, 2.05) is 53.7 Å². The summed E-state index contributed by atoms with van der Waals surface area (Å²) < 4.78 is 0. The van der Waals surface area contributed by atoms with Crippen LogP contribution in [0, 0.1) is 20.2 Å². The molecule has 0 aliphatic heterocycles. The summed E-state index contributed by atoms with van der Waals surface area (Å²) in [6.07, 6.45) is 0. The highest BCUT2D eigenvalue weighted by molar-refractivity contribution is 6.29. The highest BCUT2D eigenvalue weighted by Gasteiger charge is 2.31. The smallest absolute Gasteiger partial charge is 0.258 e. The Kier molecular flexibility index (Phi) is 5.75. The number of hydrogen-bond acceptors (Lipinski definition) is 4. The van der Waals surface area contributed by atoms with Crippen LogP contribution in [0.3, 0.4) is 0 Å². The Labute approximate surface area is 199 Å². The number of non-ortho nitro benzene ring substituents is 1. The normalized spacial score (nSPS) is 12.5. The second-order valence-corrected chi connectivity index (χ2v) is 10.6. The van der Waals surface area contributed by atoms with Crippen LogP contribution in [-0.4, -0.2) is 9.85 Å². The lowest BCUT2D eigenvalue weighted by atomic mass is 9.79. The Morgan fingerprint density at radius 2 is 0.971 bits per heavy atom. The Balaban J connectivity index is 2.51. The van der Waals surface area contributed by atoms with E-state index >= 15 is 0 Å². The zero-order chi connectivity index (χ0) is 25.2. The third-order valence-electron chi connectivity index (χ3n) is 7.06. The Bertz CT molecular complexity index is 1470. The predicted octanol–water partition coefficient (Wildman–Crippen LogP) is 8.89. The maximum atomic E-state index is 12.5. The van der Waals surface area contributed by atoms with Crippen LogP contribution >= 0.6 is 0 Å². The summed E-state index contributed by atoms with van der Waals surface area (Å²) in [5.41, 5.74) is 3.71. The molecule has 0 aliphatic carbocycles. The average Bonchev–Trinajstić information content (AvgIpc) is 2.74. The van der Waals surface area contributed by atoms with Crippen molar-refractivity contribution in [3.8, 4) is 0 Å². The van der Waals surface area contributed by atoms with Crippen molar-refractivity contribution in [2.75, 3.05) is 0 Å². The quantitative estimate of drug-likeness (QED) is 0.163. The lowest BCUT2D eigenvalue weighted by molar-refractivity contribution is -0.384. The lowest BCUT2D eigenvalue weighted by Crippen LogP contribution is -2.06. The Hall–Kier alpha value is -3.28. The van der Waals surface area contributed by atoms with Gasteiger partial charge in [0.05, 0.1) is 20.6 Å². The number of benzene rings is 4. The molecule has 6 nitrogen and oxygen atoms in total. The topological polar surface area (TPSA) is 86.3 Å². The van der Waals surface area contributed by atoms with Gasteiger partial charge in [-0.1, -0.05) is 55.4 Å². The van der Waals surface area contributed by atoms with Crippen molar-refractivity contribution in [1.82, 2.24) is 0 Å². The Morgan fingerprint density at radius 3 is 1.44 bits per heavy atom. The molecule has 0 atom stereocenters. The van der Waals surface area contributed by atoms with Crippen LogP contribution in [0.1, 0.15) is 101 Å². The summed E-state index contributed by atoms with van der Waals surface area (Å²) in [4.78, 5) is 24.1. The van der Waals surface area contributed by atoms with Crippen molar-refractivity contribution in [1.29, 1.82) is 0 Å². The van der Waals surface area contributed by atoms with Crippen LogP contribution in [-0.2, 0) is 0 Å². The molecule has 0 amide bonds. The van der Waals surface area contributed by atoms with Crippen LogP contribution in [0.4, 0.5) is 11.4 Å². The van der Waals surface area contributed by atoms with Crippen LogP contribution in [0.2, 0.25) is 0 Å². The third kappa shape index (κ3) is 3.39. The van der Waals surface area contributed by atoms with Gasteiger partial charge in [0.15, 0.2) is 0 Å². The fraction of sp³-hybridized carbons (Fsp3) is 0.429. The molecule has 0 heterocycles. The highest BCUT2D eigenvalue weighted by Crippen LogP contribution is 2.50. The summed E-state index contributed by atoms with van der Waals surface area (Å²) in [6, 6.07) is 7.67. The van der Waals surface area contributed by atoms with Gasteiger partial charge in [0.2, 0.25) is 0 Å². The van der Waals surface area contributed by atoms with Gasteiger partial charge in [-0.3, -0.25) is 20.2 Å². The largest absolute Gasteiger partial charge is 0.280 e. The molecule has 34 heavy (non-hydrogen) atoms. The van der Waals surface area contributed by atoms with E-state index in [1.165, 1.54) is 0 Å². The minimum Gasteiger partial charge on any atom is -0.258 e. The molecule has 4 aromatic rings. The highest BCUT2D eigenvalue weighted by atomic mass is 16.6. The second kappa shape index (κ2) is 8.19. The first kappa shape index (κ1) is 23.9. The SMILES string of the molecule is CC(C)c1cc2c(C(C)C)cc3c(C(C)C)cc([N+](=O)[O-])c4cc(C(C)C)c(c1[N+](=O)[O-])c2c34. The lowest BCUT2D eigenvalue weighted by Gasteiger charge is -2.24. The van der Waals surface area contributed by atoms with Crippen LogP contribution in [0.5, 0.6) is 0 Å². The van der Waals surface area contributed by atoms with Crippen molar-refractivity contribution in [3.63, 3.8) is 0 Å². The first-order valence-corrected chi connectivity index (χ1v) is 12.0. The van der Waals surface area contributed by atoms with Gasteiger partial charge in [-0.25, -0.2) is 0 Å². The zero-order valence-electron chi connectivity index (χ0n) is 21.1. The maximum absolute atomic E-state index is 12.5. The standard InChI is InChI=1S/C28H32N2O4/c1-13(2)17-9-21-18(14(3)4)12-24(29(31)32)23-10-19(15(5)6)27-26(25(21)23)22(17)11-20(16(7)8)28(27)30(33)34/h9-16H,1-8H3. The van der Waals surface area contributed by atoms with Crippen molar-refractivity contribution < 1.29 is 9.85 Å². The van der Waals surface area contributed by atoms with Gasteiger partial charge in [-0.05, 0) is 69.3 Å². The van der Waals surface area contributed by atoms with E-state index in [4.69, 9.17) is 0 Å². The van der Waals surface area contributed by atoms with E-state index in [0.717, 1.165) is 38.2 Å². The minimum atomic E-state index is -0.320. The maximum Gasteiger partial charge on any atom is 0.280 e. The fourth-order valence-corrected chi connectivity index (χ4v) is 5.41. The minimum absolute atomic E-state index is 0.0390. The number of nitro benzene ring substituents is 2. The van der Waals surface area contributed by atoms with Gasteiger partial charge in [-0.15, -0.1) is 0 Å². The summed E-state index contributed by atoms with van der Waals surface area (Å²) in [5.74, 6) is 0.169.